The molecule has 18 heavy (non-hydrogen) atoms. The maximum Gasteiger partial charge on any atom is 0.319 e. The smallest absolute Gasteiger partial charge is 0.319 e. The van der Waals surface area contributed by atoms with Crippen LogP contribution in [0.15, 0.2) is 18.2 Å². The zero-order valence-electron chi connectivity index (χ0n) is 10.6. The Morgan fingerprint density at radius 3 is 2.44 bits per heavy atom. The molecular weight excluding hydrogens is 230 g/mol. The Bertz CT molecular complexity index is 504. The van der Waals surface area contributed by atoms with Gasteiger partial charge in [-0.3, -0.25) is 9.59 Å². The maximum absolute atomic E-state index is 12.1. The van der Waals surface area contributed by atoms with Crippen LogP contribution in [-0.4, -0.2) is 17.0 Å². The van der Waals surface area contributed by atoms with Gasteiger partial charge in [0, 0.05) is 5.69 Å². The number of amides is 1. The second-order valence-electron chi connectivity index (χ2n) is 4.94. The van der Waals surface area contributed by atoms with Gasteiger partial charge in [0.25, 0.3) is 0 Å². The molecule has 0 unspecified atom stereocenters. The fourth-order valence-electron chi connectivity index (χ4n) is 2.20. The zero-order chi connectivity index (χ0) is 13.3. The summed E-state index contributed by atoms with van der Waals surface area (Å²) in [7, 11) is 0. The van der Waals surface area contributed by atoms with E-state index in [9.17, 15) is 14.7 Å². The first-order valence-corrected chi connectivity index (χ1v) is 6.08. The Morgan fingerprint density at radius 1 is 1.28 bits per heavy atom. The number of anilines is 1. The number of hydrogen-bond acceptors (Lipinski definition) is 2. The van der Waals surface area contributed by atoms with Gasteiger partial charge in [-0.1, -0.05) is 18.6 Å². The summed E-state index contributed by atoms with van der Waals surface area (Å²) in [4.78, 5) is 23.4. The largest absolute Gasteiger partial charge is 0.480 e. The quantitative estimate of drug-likeness (QED) is 0.806. The lowest BCUT2D eigenvalue weighted by Crippen LogP contribution is -2.48. The molecule has 1 saturated carbocycles. The van der Waals surface area contributed by atoms with Gasteiger partial charge in [0.15, 0.2) is 0 Å². The van der Waals surface area contributed by atoms with Crippen LogP contribution >= 0.6 is 0 Å². The van der Waals surface area contributed by atoms with Gasteiger partial charge in [0.2, 0.25) is 5.91 Å². The molecule has 1 amide bonds. The molecule has 1 aromatic rings. The number of aryl methyl sites for hydroxylation is 1. The minimum Gasteiger partial charge on any atom is -0.480 e. The number of benzene rings is 1. The van der Waals surface area contributed by atoms with Gasteiger partial charge in [-0.05, 0) is 43.9 Å². The van der Waals surface area contributed by atoms with Crippen molar-refractivity contribution < 1.29 is 14.7 Å². The number of carboxylic acids is 1. The highest BCUT2D eigenvalue weighted by atomic mass is 16.4. The molecule has 96 valence electrons. The SMILES string of the molecule is Cc1cccc(NC(=O)C2(C(=O)O)CCC2)c1C. The molecular formula is C14H17NO3. The van der Waals surface area contributed by atoms with Crippen LogP contribution < -0.4 is 5.32 Å². The van der Waals surface area contributed by atoms with Crippen molar-refractivity contribution in [3.8, 4) is 0 Å². The molecule has 2 N–H and O–H groups in total. The summed E-state index contributed by atoms with van der Waals surface area (Å²) in [5.74, 6) is -1.41. The summed E-state index contributed by atoms with van der Waals surface area (Å²) in [5, 5.41) is 12.0. The summed E-state index contributed by atoms with van der Waals surface area (Å²) >= 11 is 0. The van der Waals surface area contributed by atoms with Crippen LogP contribution in [0.3, 0.4) is 0 Å². The third-order valence-electron chi connectivity index (χ3n) is 3.90. The number of hydrogen-bond donors (Lipinski definition) is 2. The number of carbonyl (C=O) groups excluding carboxylic acids is 1. The van der Waals surface area contributed by atoms with Gasteiger partial charge in [-0.2, -0.15) is 0 Å². The molecule has 1 aliphatic rings. The van der Waals surface area contributed by atoms with Gasteiger partial charge >= 0.3 is 5.97 Å². The van der Waals surface area contributed by atoms with Gasteiger partial charge in [0.05, 0.1) is 0 Å². The van der Waals surface area contributed by atoms with Crippen molar-refractivity contribution in [2.24, 2.45) is 5.41 Å². The average molecular weight is 247 g/mol. The lowest BCUT2D eigenvalue weighted by Gasteiger charge is -2.35. The predicted molar refractivity (Wildman–Crippen MR) is 68.5 cm³/mol. The summed E-state index contributed by atoms with van der Waals surface area (Å²) in [6.07, 6.45) is 1.66. The molecule has 0 bridgehead atoms. The third kappa shape index (κ3) is 1.88. The first-order valence-electron chi connectivity index (χ1n) is 6.08. The van der Waals surface area contributed by atoms with Crippen molar-refractivity contribution in [3.05, 3.63) is 29.3 Å². The molecule has 2 rings (SSSR count). The molecule has 4 heteroatoms. The number of nitrogens with one attached hydrogen (secondary N) is 1. The van der Waals surface area contributed by atoms with E-state index in [1.54, 1.807) is 6.07 Å². The van der Waals surface area contributed by atoms with Crippen molar-refractivity contribution in [1.29, 1.82) is 0 Å². The molecule has 0 aliphatic heterocycles. The fraction of sp³-hybridized carbons (Fsp3) is 0.429. The average Bonchev–Trinajstić information content (AvgIpc) is 2.22. The summed E-state index contributed by atoms with van der Waals surface area (Å²) in [5.41, 5.74) is 1.54. The van der Waals surface area contributed by atoms with Crippen LogP contribution in [0.5, 0.6) is 0 Å². The first kappa shape index (κ1) is 12.6. The summed E-state index contributed by atoms with van der Waals surface area (Å²) in [6.45, 7) is 3.88. The maximum atomic E-state index is 12.1. The molecule has 0 atom stereocenters. The van der Waals surface area contributed by atoms with Crippen molar-refractivity contribution >= 4 is 17.6 Å². The third-order valence-corrected chi connectivity index (χ3v) is 3.90. The minimum atomic E-state index is -1.21. The van der Waals surface area contributed by atoms with Crippen molar-refractivity contribution in [1.82, 2.24) is 0 Å². The minimum absolute atomic E-state index is 0.394. The molecule has 0 saturated heterocycles. The van der Waals surface area contributed by atoms with E-state index in [-0.39, 0.29) is 0 Å². The zero-order valence-corrected chi connectivity index (χ0v) is 10.6. The van der Waals surface area contributed by atoms with Crippen LogP contribution in [0.25, 0.3) is 0 Å². The molecule has 4 nitrogen and oxygen atoms in total. The molecule has 0 aromatic heterocycles. The van der Waals surface area contributed by atoms with Crippen molar-refractivity contribution in [2.75, 3.05) is 5.32 Å². The molecule has 1 aliphatic carbocycles. The number of aliphatic carboxylic acids is 1. The van der Waals surface area contributed by atoms with Gasteiger partial charge in [-0.15, -0.1) is 0 Å². The normalized spacial score (nSPS) is 16.8. The summed E-state index contributed by atoms with van der Waals surface area (Å²) in [6, 6.07) is 5.61. The molecule has 1 aromatic carbocycles. The van der Waals surface area contributed by atoms with E-state index in [0.29, 0.717) is 18.5 Å². The fourth-order valence-corrected chi connectivity index (χ4v) is 2.20. The van der Waals surface area contributed by atoms with Crippen LogP contribution in [0, 0.1) is 19.3 Å². The Balaban J connectivity index is 2.21. The number of carbonyl (C=O) groups is 2. The molecule has 0 heterocycles. The Labute approximate surface area is 106 Å². The van der Waals surface area contributed by atoms with Crippen molar-refractivity contribution in [2.45, 2.75) is 33.1 Å². The van der Waals surface area contributed by atoms with Gasteiger partial charge < -0.3 is 10.4 Å². The van der Waals surface area contributed by atoms with E-state index in [2.05, 4.69) is 5.32 Å². The van der Waals surface area contributed by atoms with Crippen LogP contribution in [-0.2, 0) is 9.59 Å². The van der Waals surface area contributed by atoms with E-state index in [1.807, 2.05) is 26.0 Å². The lowest BCUT2D eigenvalue weighted by atomic mass is 9.68. The van der Waals surface area contributed by atoms with E-state index in [0.717, 1.165) is 17.5 Å². The molecule has 0 radical (unpaired) electrons. The predicted octanol–water partition coefficient (Wildman–Crippen LogP) is 2.50. The van der Waals surface area contributed by atoms with Gasteiger partial charge in [0.1, 0.15) is 5.41 Å². The second kappa shape index (κ2) is 4.44. The topological polar surface area (TPSA) is 66.4 Å². The van der Waals surface area contributed by atoms with Gasteiger partial charge in [-0.25, -0.2) is 0 Å². The monoisotopic (exact) mass is 247 g/mol. The highest BCUT2D eigenvalue weighted by molar-refractivity contribution is 6.09. The Kier molecular flexibility index (Phi) is 3.11. The first-order chi connectivity index (χ1) is 8.47. The lowest BCUT2D eigenvalue weighted by molar-refractivity contribution is -0.159. The molecule has 0 spiro atoms. The Morgan fingerprint density at radius 2 is 1.94 bits per heavy atom. The van der Waals surface area contributed by atoms with E-state index < -0.39 is 17.3 Å². The second-order valence-corrected chi connectivity index (χ2v) is 4.94. The van der Waals surface area contributed by atoms with Crippen LogP contribution in [0.4, 0.5) is 5.69 Å². The number of carboxylic acid groups (broad SMARTS) is 1. The van der Waals surface area contributed by atoms with Crippen molar-refractivity contribution in [3.63, 3.8) is 0 Å². The van der Waals surface area contributed by atoms with E-state index >= 15 is 0 Å². The highest BCUT2D eigenvalue weighted by Gasteiger charge is 2.51. The summed E-state index contributed by atoms with van der Waals surface area (Å²) < 4.78 is 0. The highest BCUT2D eigenvalue weighted by Crippen LogP contribution is 2.42. The van der Waals surface area contributed by atoms with Crippen LogP contribution in [0.1, 0.15) is 30.4 Å². The van der Waals surface area contributed by atoms with Crippen LogP contribution in [0.2, 0.25) is 0 Å². The molecule has 1 fully saturated rings. The standard InChI is InChI=1S/C14H17NO3/c1-9-5-3-6-11(10(9)2)15-12(16)14(13(17)18)7-4-8-14/h3,5-6H,4,7-8H2,1-2H3,(H,15,16)(H,17,18). The Hall–Kier alpha value is -1.84. The van der Waals surface area contributed by atoms with E-state index in [4.69, 9.17) is 0 Å². The number of rotatable bonds is 3. The van der Waals surface area contributed by atoms with E-state index in [1.165, 1.54) is 0 Å².